The third-order valence-corrected chi connectivity index (χ3v) is 4.13. The Morgan fingerprint density at radius 2 is 2.04 bits per heavy atom. The van der Waals surface area contributed by atoms with Crippen molar-refractivity contribution in [1.29, 1.82) is 0 Å². The molecule has 118 valence electrons. The second-order valence-electron chi connectivity index (χ2n) is 5.37. The Bertz CT molecular complexity index is 775. The van der Waals surface area contributed by atoms with Gasteiger partial charge >= 0.3 is 0 Å². The van der Waals surface area contributed by atoms with E-state index in [2.05, 4.69) is 26.9 Å². The van der Waals surface area contributed by atoms with Crippen LogP contribution in [0.25, 0.3) is 11.4 Å². The molecule has 0 bridgehead atoms. The van der Waals surface area contributed by atoms with Crippen LogP contribution in [-0.4, -0.2) is 27.1 Å². The van der Waals surface area contributed by atoms with Crippen LogP contribution in [-0.2, 0) is 6.54 Å². The number of benzene rings is 1. The first-order chi connectivity index (χ1) is 11.1. The Hall–Kier alpha value is -2.24. The van der Waals surface area contributed by atoms with E-state index in [1.807, 2.05) is 43.4 Å². The van der Waals surface area contributed by atoms with E-state index in [-0.39, 0.29) is 6.04 Å². The van der Waals surface area contributed by atoms with Gasteiger partial charge in [-0.1, -0.05) is 35.0 Å². The van der Waals surface area contributed by atoms with E-state index in [0.717, 1.165) is 16.1 Å². The summed E-state index contributed by atoms with van der Waals surface area (Å²) >= 11 is 6.27. The Balaban J connectivity index is 1.72. The molecule has 6 heteroatoms. The molecule has 0 saturated carbocycles. The second kappa shape index (κ2) is 6.89. The zero-order valence-electron chi connectivity index (χ0n) is 13.0. The minimum absolute atomic E-state index is 0.137. The molecule has 0 aliphatic carbocycles. The van der Waals surface area contributed by atoms with Crippen molar-refractivity contribution in [3.8, 4) is 11.4 Å². The zero-order valence-corrected chi connectivity index (χ0v) is 13.7. The molecule has 1 atom stereocenters. The molecule has 3 aromatic rings. The first kappa shape index (κ1) is 15.6. The minimum Gasteiger partial charge on any atom is -0.338 e. The van der Waals surface area contributed by atoms with Crippen molar-refractivity contribution in [3.63, 3.8) is 0 Å². The van der Waals surface area contributed by atoms with Gasteiger partial charge in [-0.05, 0) is 37.7 Å². The van der Waals surface area contributed by atoms with Gasteiger partial charge in [-0.3, -0.25) is 9.88 Å². The van der Waals surface area contributed by atoms with Crippen molar-refractivity contribution >= 4 is 11.6 Å². The van der Waals surface area contributed by atoms with Gasteiger partial charge in [-0.2, -0.15) is 4.98 Å². The summed E-state index contributed by atoms with van der Waals surface area (Å²) in [7, 11) is 2.00. The molecule has 0 N–H and O–H groups in total. The predicted molar refractivity (Wildman–Crippen MR) is 88.9 cm³/mol. The summed E-state index contributed by atoms with van der Waals surface area (Å²) < 4.78 is 5.34. The lowest BCUT2D eigenvalue weighted by Gasteiger charge is -2.24. The second-order valence-corrected chi connectivity index (χ2v) is 5.77. The lowest BCUT2D eigenvalue weighted by Crippen LogP contribution is -2.22. The van der Waals surface area contributed by atoms with Crippen molar-refractivity contribution in [3.05, 3.63) is 65.3 Å². The Morgan fingerprint density at radius 3 is 2.78 bits per heavy atom. The summed E-state index contributed by atoms with van der Waals surface area (Å²) in [6.07, 6.45) is 3.42. The topological polar surface area (TPSA) is 55.1 Å². The smallest absolute Gasteiger partial charge is 0.241 e. The third-order valence-electron chi connectivity index (χ3n) is 3.79. The zero-order chi connectivity index (χ0) is 16.2. The van der Waals surface area contributed by atoms with E-state index < -0.39 is 0 Å². The largest absolute Gasteiger partial charge is 0.338 e. The molecule has 1 unspecified atom stereocenters. The molecule has 0 radical (unpaired) electrons. The Kier molecular flexibility index (Phi) is 4.69. The van der Waals surface area contributed by atoms with Crippen molar-refractivity contribution < 1.29 is 4.52 Å². The molecule has 0 fully saturated rings. The average Bonchev–Trinajstić information content (AvgIpc) is 3.04. The minimum atomic E-state index is 0.137. The molecule has 5 nitrogen and oxygen atoms in total. The van der Waals surface area contributed by atoms with Crippen LogP contribution in [0.1, 0.15) is 24.4 Å². The quantitative estimate of drug-likeness (QED) is 0.709. The van der Waals surface area contributed by atoms with E-state index in [9.17, 15) is 0 Å². The molecule has 0 amide bonds. The highest BCUT2D eigenvalue weighted by atomic mass is 35.5. The molecule has 23 heavy (non-hydrogen) atoms. The van der Waals surface area contributed by atoms with Crippen molar-refractivity contribution in [2.75, 3.05) is 7.05 Å². The number of hydrogen-bond donors (Lipinski definition) is 0. The van der Waals surface area contributed by atoms with Gasteiger partial charge in [-0.15, -0.1) is 0 Å². The Morgan fingerprint density at radius 1 is 1.22 bits per heavy atom. The molecule has 1 aromatic carbocycles. The summed E-state index contributed by atoms with van der Waals surface area (Å²) in [5, 5.41) is 4.77. The first-order valence-corrected chi connectivity index (χ1v) is 7.70. The monoisotopic (exact) mass is 328 g/mol. The highest BCUT2D eigenvalue weighted by Crippen LogP contribution is 2.27. The van der Waals surface area contributed by atoms with Crippen LogP contribution in [0.5, 0.6) is 0 Å². The van der Waals surface area contributed by atoms with Gasteiger partial charge < -0.3 is 4.52 Å². The first-order valence-electron chi connectivity index (χ1n) is 7.33. The summed E-state index contributed by atoms with van der Waals surface area (Å²) in [5.74, 6) is 1.11. The fourth-order valence-corrected chi connectivity index (χ4v) is 2.63. The van der Waals surface area contributed by atoms with Crippen molar-refractivity contribution in [2.45, 2.75) is 19.5 Å². The van der Waals surface area contributed by atoms with Crippen LogP contribution in [0.3, 0.4) is 0 Å². The van der Waals surface area contributed by atoms with Gasteiger partial charge in [0.15, 0.2) is 0 Å². The van der Waals surface area contributed by atoms with Crippen molar-refractivity contribution in [2.24, 2.45) is 0 Å². The average molecular weight is 329 g/mol. The summed E-state index contributed by atoms with van der Waals surface area (Å²) in [4.78, 5) is 10.6. The van der Waals surface area contributed by atoms with Gasteiger partial charge in [-0.25, -0.2) is 0 Å². The van der Waals surface area contributed by atoms with Crippen LogP contribution in [0.15, 0.2) is 53.3 Å². The molecule has 0 aliphatic heterocycles. The molecule has 0 spiro atoms. The maximum absolute atomic E-state index is 6.27. The number of aromatic nitrogens is 3. The number of nitrogens with zero attached hydrogens (tertiary/aromatic N) is 4. The van der Waals surface area contributed by atoms with E-state index in [1.54, 1.807) is 12.4 Å². The van der Waals surface area contributed by atoms with E-state index in [1.165, 1.54) is 0 Å². The van der Waals surface area contributed by atoms with Crippen LogP contribution in [0, 0.1) is 0 Å². The van der Waals surface area contributed by atoms with E-state index in [4.69, 9.17) is 16.1 Å². The molecular formula is C17H17ClN4O. The van der Waals surface area contributed by atoms with Crippen LogP contribution in [0.4, 0.5) is 0 Å². The fourth-order valence-electron chi connectivity index (χ4n) is 2.33. The third kappa shape index (κ3) is 3.57. The summed E-state index contributed by atoms with van der Waals surface area (Å²) in [6, 6.07) is 11.7. The van der Waals surface area contributed by atoms with Gasteiger partial charge in [0.05, 0.1) is 6.54 Å². The maximum atomic E-state index is 6.27. The number of rotatable bonds is 5. The standard InChI is InChI=1S/C17H17ClN4O/c1-12(14-7-3-4-8-15(14)18)22(2)11-16-20-17(21-23-16)13-6-5-9-19-10-13/h3-10,12H,11H2,1-2H3. The molecule has 3 rings (SSSR count). The van der Waals surface area contributed by atoms with Crippen molar-refractivity contribution in [1.82, 2.24) is 20.0 Å². The van der Waals surface area contributed by atoms with Crippen LogP contribution >= 0.6 is 11.6 Å². The predicted octanol–water partition coefficient (Wildman–Crippen LogP) is 3.98. The van der Waals surface area contributed by atoms with Gasteiger partial charge in [0.2, 0.25) is 11.7 Å². The molecule has 2 aromatic heterocycles. The fraction of sp³-hybridized carbons (Fsp3) is 0.235. The maximum Gasteiger partial charge on any atom is 0.241 e. The molecule has 0 aliphatic rings. The van der Waals surface area contributed by atoms with Gasteiger partial charge in [0, 0.05) is 29.0 Å². The summed E-state index contributed by atoms with van der Waals surface area (Å²) in [5.41, 5.74) is 1.91. The number of hydrogen-bond acceptors (Lipinski definition) is 5. The number of halogens is 1. The lowest BCUT2D eigenvalue weighted by atomic mass is 10.1. The highest BCUT2D eigenvalue weighted by Gasteiger charge is 2.17. The molecular weight excluding hydrogens is 312 g/mol. The van der Waals surface area contributed by atoms with Crippen LogP contribution in [0.2, 0.25) is 5.02 Å². The normalized spacial score (nSPS) is 12.5. The SMILES string of the molecule is CC(c1ccccc1Cl)N(C)Cc1nc(-c2cccnc2)no1. The lowest BCUT2D eigenvalue weighted by molar-refractivity contribution is 0.216. The summed E-state index contributed by atoms with van der Waals surface area (Å²) in [6.45, 7) is 2.64. The van der Waals surface area contributed by atoms with Crippen LogP contribution < -0.4 is 0 Å². The van der Waals surface area contributed by atoms with E-state index >= 15 is 0 Å². The number of pyridine rings is 1. The Labute approximate surface area is 139 Å². The van der Waals surface area contributed by atoms with E-state index in [0.29, 0.717) is 18.3 Å². The highest BCUT2D eigenvalue weighted by molar-refractivity contribution is 6.31. The van der Waals surface area contributed by atoms with Gasteiger partial charge in [0.25, 0.3) is 0 Å². The molecule has 0 saturated heterocycles. The van der Waals surface area contributed by atoms with Gasteiger partial charge in [0.1, 0.15) is 0 Å². The molecule has 2 heterocycles.